The smallest absolute Gasteiger partial charge is 0.186 e. The summed E-state index contributed by atoms with van der Waals surface area (Å²) in [6.45, 7) is 24.2. The fourth-order valence-electron chi connectivity index (χ4n) is 5.65. The number of allylic oxidation sites excluding steroid dienone is 10. The number of carbonyl (C=O) groups excluding carboxylic acids is 2. The van der Waals surface area contributed by atoms with E-state index < -0.39 is 0 Å². The maximum atomic E-state index is 13.3. The third kappa shape index (κ3) is 9.20. The van der Waals surface area contributed by atoms with Gasteiger partial charge in [0.25, 0.3) is 0 Å². The van der Waals surface area contributed by atoms with Crippen molar-refractivity contribution in [1.82, 2.24) is 0 Å². The molecule has 2 aromatic carbocycles. The minimum Gasteiger partial charge on any atom is -0.289 e. The molecule has 10 heteroatoms. The fraction of sp³-hybridized carbons (Fsp3) is 0.381. The number of nitrogens with zero attached hydrogens (tertiary/aromatic N) is 4. The lowest BCUT2D eigenvalue weighted by molar-refractivity contribution is -0.114. The molecule has 0 atom stereocenters. The Labute approximate surface area is 328 Å². The van der Waals surface area contributed by atoms with E-state index in [4.69, 9.17) is 46.4 Å². The van der Waals surface area contributed by atoms with E-state index >= 15 is 0 Å². The molecule has 2 aliphatic carbocycles. The van der Waals surface area contributed by atoms with Crippen molar-refractivity contribution in [3.05, 3.63) is 114 Å². The normalized spacial score (nSPS) is 16.4. The Hall–Kier alpha value is -3.42. The first kappa shape index (κ1) is 41.3. The lowest BCUT2D eigenvalue weighted by Crippen LogP contribution is -2.27. The van der Waals surface area contributed by atoms with Crippen molar-refractivity contribution in [3.63, 3.8) is 0 Å². The van der Waals surface area contributed by atoms with Gasteiger partial charge in [-0.3, -0.25) is 9.59 Å². The van der Waals surface area contributed by atoms with E-state index in [9.17, 15) is 9.59 Å². The Morgan fingerprint density at radius 3 is 1.13 bits per heavy atom. The number of ketones is 2. The first-order valence-corrected chi connectivity index (χ1v) is 18.5. The second-order valence-electron chi connectivity index (χ2n) is 17.1. The lowest BCUT2D eigenvalue weighted by atomic mass is 9.72. The van der Waals surface area contributed by atoms with Crippen LogP contribution in [0.4, 0.5) is 11.4 Å². The van der Waals surface area contributed by atoms with E-state index in [1.165, 1.54) is 0 Å². The van der Waals surface area contributed by atoms with Crippen LogP contribution in [0.5, 0.6) is 0 Å². The van der Waals surface area contributed by atoms with Gasteiger partial charge in [-0.25, -0.2) is 0 Å². The minimum atomic E-state index is -0.361. The van der Waals surface area contributed by atoms with Crippen LogP contribution in [0.2, 0.25) is 20.1 Å². The monoisotopic (exact) mass is 778 g/mol. The highest BCUT2D eigenvalue weighted by molar-refractivity contribution is 6.52. The molecule has 0 saturated carbocycles. The van der Waals surface area contributed by atoms with Crippen LogP contribution in [0, 0.1) is 21.7 Å². The summed E-state index contributed by atoms with van der Waals surface area (Å²) in [5.41, 5.74) is 4.84. The average molecular weight is 781 g/mol. The largest absolute Gasteiger partial charge is 0.289 e. The van der Waals surface area contributed by atoms with Crippen molar-refractivity contribution < 1.29 is 9.59 Å². The first-order chi connectivity index (χ1) is 23.8. The van der Waals surface area contributed by atoms with Gasteiger partial charge in [0.2, 0.25) is 0 Å². The van der Waals surface area contributed by atoms with Crippen molar-refractivity contribution in [3.8, 4) is 11.1 Å². The van der Waals surface area contributed by atoms with Crippen molar-refractivity contribution in [2.75, 3.05) is 0 Å². The number of Topliss-reactive ketones (excluding diaryl/α,β-unsaturated/α-hetero) is 2. The quantitative estimate of drug-likeness (QED) is 0.224. The van der Waals surface area contributed by atoms with Gasteiger partial charge in [0.05, 0.1) is 38.2 Å². The van der Waals surface area contributed by atoms with Gasteiger partial charge in [-0.2, -0.15) is 15.3 Å². The highest BCUT2D eigenvalue weighted by atomic mass is 35.5. The van der Waals surface area contributed by atoms with Crippen LogP contribution in [0.25, 0.3) is 11.1 Å². The average Bonchev–Trinajstić information content (AvgIpc) is 3.01. The summed E-state index contributed by atoms with van der Waals surface area (Å²) in [5.74, 6) is 0.0910. The third-order valence-corrected chi connectivity index (χ3v) is 10.3. The number of azo groups is 2. The maximum absolute atomic E-state index is 13.3. The van der Waals surface area contributed by atoms with Gasteiger partial charge in [-0.1, -0.05) is 142 Å². The molecule has 274 valence electrons. The van der Waals surface area contributed by atoms with Crippen molar-refractivity contribution >= 4 is 69.3 Å². The Bertz CT molecular complexity index is 1960. The van der Waals surface area contributed by atoms with Crippen molar-refractivity contribution in [1.29, 1.82) is 0 Å². The van der Waals surface area contributed by atoms with E-state index in [2.05, 4.69) is 20.5 Å². The van der Waals surface area contributed by atoms with E-state index in [1.807, 2.05) is 107 Å². The van der Waals surface area contributed by atoms with Crippen LogP contribution in [0.3, 0.4) is 0 Å². The van der Waals surface area contributed by atoms with Crippen LogP contribution in [0.15, 0.2) is 115 Å². The molecule has 0 aliphatic heterocycles. The second kappa shape index (κ2) is 15.1. The highest BCUT2D eigenvalue weighted by Gasteiger charge is 2.35. The van der Waals surface area contributed by atoms with Gasteiger partial charge >= 0.3 is 0 Å². The molecule has 0 aromatic heterocycles. The zero-order valence-electron chi connectivity index (χ0n) is 31.9. The van der Waals surface area contributed by atoms with Gasteiger partial charge in [-0.15, -0.1) is 5.11 Å². The fourth-order valence-corrected chi connectivity index (χ4v) is 6.79. The van der Waals surface area contributed by atoms with E-state index in [1.54, 1.807) is 36.7 Å². The lowest BCUT2D eigenvalue weighted by Gasteiger charge is -2.31. The Morgan fingerprint density at radius 1 is 0.481 bits per heavy atom. The summed E-state index contributed by atoms with van der Waals surface area (Å²) in [7, 11) is 0. The molecule has 0 amide bonds. The first-order valence-electron chi connectivity index (χ1n) is 17.0. The molecule has 6 nitrogen and oxygen atoms in total. The number of rotatable bonds is 5. The summed E-state index contributed by atoms with van der Waals surface area (Å²) in [5, 5.41) is 17.7. The molecule has 0 unspecified atom stereocenters. The standard InChI is InChI=1S/C42H46Cl4N4O2/c1-39(2,3)27-17-23(18-28(37(27)51)40(4,5)6)21-47-49-26-15-13-25(14-16-26)31-32(43)34(45)36(35(46)33(31)44)50-48-22-24-19-29(41(7,8)9)38(52)30(20-24)42(10,11)12/h13-22H,1-12H3/b49-47+,50-48+. The molecular weight excluding hydrogens is 734 g/mol. The predicted molar refractivity (Wildman–Crippen MR) is 217 cm³/mol. The minimum absolute atomic E-state index is 0.0280. The number of carbonyl (C=O) groups is 2. The Kier molecular flexibility index (Phi) is 12.0. The molecule has 4 rings (SSSR count). The third-order valence-electron chi connectivity index (χ3n) is 8.60. The number of halogens is 4. The van der Waals surface area contributed by atoms with Gasteiger partial charge in [0, 0.05) is 27.9 Å². The van der Waals surface area contributed by atoms with Gasteiger partial charge in [0.1, 0.15) is 5.69 Å². The molecule has 0 N–H and O–H groups in total. The van der Waals surface area contributed by atoms with E-state index in [-0.39, 0.29) is 59.0 Å². The number of hydrogen-bond acceptors (Lipinski definition) is 6. The van der Waals surface area contributed by atoms with Gasteiger partial charge in [0.15, 0.2) is 11.6 Å². The molecule has 0 heterocycles. The Morgan fingerprint density at radius 2 is 0.808 bits per heavy atom. The second-order valence-corrected chi connectivity index (χ2v) is 18.6. The van der Waals surface area contributed by atoms with Crippen molar-refractivity contribution in [2.45, 2.75) is 83.1 Å². The molecule has 0 radical (unpaired) electrons. The van der Waals surface area contributed by atoms with E-state index in [0.29, 0.717) is 28.0 Å². The van der Waals surface area contributed by atoms with Crippen LogP contribution in [-0.4, -0.2) is 11.6 Å². The molecule has 2 aliphatic rings. The molecule has 0 fully saturated rings. The predicted octanol–water partition coefficient (Wildman–Crippen LogP) is 15.0. The van der Waals surface area contributed by atoms with Crippen LogP contribution in [0.1, 0.15) is 83.1 Å². The van der Waals surface area contributed by atoms with Crippen LogP contribution < -0.4 is 0 Å². The molecule has 2 aromatic rings. The summed E-state index contributed by atoms with van der Waals surface area (Å²) >= 11 is 26.9. The maximum Gasteiger partial charge on any atom is 0.186 e. The summed E-state index contributed by atoms with van der Waals surface area (Å²) in [4.78, 5) is 26.5. The number of hydrogen-bond donors (Lipinski definition) is 0. The highest BCUT2D eigenvalue weighted by Crippen LogP contribution is 2.50. The summed E-state index contributed by atoms with van der Waals surface area (Å²) in [6, 6.07) is 7.14. The topological polar surface area (TPSA) is 83.6 Å². The summed E-state index contributed by atoms with van der Waals surface area (Å²) in [6.07, 6.45) is 10.6. The zero-order valence-corrected chi connectivity index (χ0v) is 34.9. The van der Waals surface area contributed by atoms with Crippen molar-refractivity contribution in [2.24, 2.45) is 42.1 Å². The molecule has 0 bridgehead atoms. The van der Waals surface area contributed by atoms with Crippen LogP contribution in [-0.2, 0) is 9.59 Å². The zero-order chi connectivity index (χ0) is 39.1. The van der Waals surface area contributed by atoms with Crippen LogP contribution >= 0.6 is 46.4 Å². The SMILES string of the molecule is CC(C)(C)C1=CC(=C/N=N/c2ccc(-c3c(Cl)c(Cl)c(/N=N/C=C4C=C(C(C)(C)C)C(=O)C(C(C)(C)C)=C4)c(Cl)c3Cl)cc2)C=C(C(C)(C)C)C1=O. The number of benzene rings is 2. The summed E-state index contributed by atoms with van der Waals surface area (Å²) < 4.78 is 0. The van der Waals surface area contributed by atoms with Gasteiger partial charge in [-0.05, 0) is 74.8 Å². The Balaban J connectivity index is 1.63. The molecule has 0 spiro atoms. The molecule has 0 saturated heterocycles. The molecular formula is C42H46Cl4N4O2. The van der Waals surface area contributed by atoms with Gasteiger partial charge < -0.3 is 0 Å². The van der Waals surface area contributed by atoms with E-state index in [0.717, 1.165) is 22.3 Å². The molecule has 52 heavy (non-hydrogen) atoms.